The molecule has 7 heteroatoms. The van der Waals surface area contributed by atoms with Crippen molar-refractivity contribution < 1.29 is 22.4 Å². The molecular formula is C17H19F3N2O2. The van der Waals surface area contributed by atoms with Crippen molar-refractivity contribution in [3.8, 4) is 0 Å². The van der Waals surface area contributed by atoms with Crippen molar-refractivity contribution in [1.82, 2.24) is 5.32 Å². The van der Waals surface area contributed by atoms with Crippen LogP contribution in [0.4, 0.5) is 13.2 Å². The summed E-state index contributed by atoms with van der Waals surface area (Å²) in [7, 11) is 0. The summed E-state index contributed by atoms with van der Waals surface area (Å²) >= 11 is 0. The second kappa shape index (κ2) is 7.53. The number of hydrogen-bond donors (Lipinski definition) is 2. The van der Waals surface area contributed by atoms with Gasteiger partial charge < -0.3 is 15.5 Å². The molecule has 1 aromatic carbocycles. The van der Waals surface area contributed by atoms with Gasteiger partial charge in [0.15, 0.2) is 0 Å². The van der Waals surface area contributed by atoms with Gasteiger partial charge in [-0.25, -0.2) is 0 Å². The topological polar surface area (TPSA) is 68.3 Å². The fourth-order valence-corrected chi connectivity index (χ4v) is 2.30. The van der Waals surface area contributed by atoms with E-state index in [2.05, 4.69) is 5.32 Å². The Balaban J connectivity index is 1.89. The van der Waals surface area contributed by atoms with Crippen LogP contribution in [-0.4, -0.2) is 12.5 Å². The second-order valence-electron chi connectivity index (χ2n) is 5.57. The third-order valence-electron chi connectivity index (χ3n) is 3.76. The first-order valence-corrected chi connectivity index (χ1v) is 7.54. The lowest BCUT2D eigenvalue weighted by atomic mass is 9.96. The maximum absolute atomic E-state index is 12.7. The van der Waals surface area contributed by atoms with Crippen LogP contribution in [0.5, 0.6) is 0 Å². The van der Waals surface area contributed by atoms with Gasteiger partial charge in [-0.15, -0.1) is 0 Å². The van der Waals surface area contributed by atoms with Crippen molar-refractivity contribution in [2.45, 2.75) is 32.0 Å². The lowest BCUT2D eigenvalue weighted by molar-refractivity contribution is -0.137. The van der Waals surface area contributed by atoms with Crippen molar-refractivity contribution in [2.24, 2.45) is 5.73 Å². The maximum Gasteiger partial charge on any atom is 0.416 e. The molecule has 0 aliphatic heterocycles. The Bertz CT molecular complexity index is 695. The van der Waals surface area contributed by atoms with Gasteiger partial charge in [-0.05, 0) is 30.0 Å². The summed E-state index contributed by atoms with van der Waals surface area (Å²) < 4.78 is 43.3. The highest BCUT2D eigenvalue weighted by Gasteiger charge is 2.30. The summed E-state index contributed by atoms with van der Waals surface area (Å²) in [4.78, 5) is 11.9. The molecule has 1 amide bonds. The minimum Gasteiger partial charge on any atom is -0.467 e. The van der Waals surface area contributed by atoms with Gasteiger partial charge in [0, 0.05) is 6.54 Å². The molecular weight excluding hydrogens is 321 g/mol. The summed E-state index contributed by atoms with van der Waals surface area (Å²) in [6.07, 6.45) is -2.51. The van der Waals surface area contributed by atoms with Crippen molar-refractivity contribution >= 4 is 5.91 Å². The van der Waals surface area contributed by atoms with E-state index in [9.17, 15) is 18.0 Å². The van der Waals surface area contributed by atoms with E-state index in [0.29, 0.717) is 29.9 Å². The number of alkyl halides is 3. The van der Waals surface area contributed by atoms with E-state index in [-0.39, 0.29) is 18.4 Å². The van der Waals surface area contributed by atoms with Crippen molar-refractivity contribution in [2.75, 3.05) is 6.54 Å². The molecule has 0 fully saturated rings. The van der Waals surface area contributed by atoms with Gasteiger partial charge in [0.1, 0.15) is 12.0 Å². The van der Waals surface area contributed by atoms with Crippen LogP contribution in [0.25, 0.3) is 0 Å². The van der Waals surface area contributed by atoms with Crippen molar-refractivity contribution in [1.29, 1.82) is 0 Å². The third-order valence-corrected chi connectivity index (χ3v) is 3.76. The van der Waals surface area contributed by atoms with E-state index in [0.717, 1.165) is 12.1 Å². The lowest BCUT2D eigenvalue weighted by Gasteiger charge is -2.14. The maximum atomic E-state index is 12.7. The van der Waals surface area contributed by atoms with E-state index in [1.807, 2.05) is 6.92 Å². The molecule has 1 unspecified atom stereocenters. The van der Waals surface area contributed by atoms with Gasteiger partial charge in [-0.2, -0.15) is 13.2 Å². The average molecular weight is 340 g/mol. The third kappa shape index (κ3) is 4.61. The van der Waals surface area contributed by atoms with Crippen LogP contribution in [-0.2, 0) is 12.7 Å². The standard InChI is InChI=1S/C17H19F3N2O2/c1-11(12-3-2-4-14(7-12)17(18,19)20)5-6-22-16(23)13-8-15(9-21)24-10-13/h2-4,7-8,10-11H,5-6,9,21H2,1H3,(H,22,23). The largest absolute Gasteiger partial charge is 0.467 e. The van der Waals surface area contributed by atoms with E-state index in [1.54, 1.807) is 12.1 Å². The Morgan fingerprint density at radius 1 is 1.33 bits per heavy atom. The van der Waals surface area contributed by atoms with E-state index in [1.165, 1.54) is 12.3 Å². The minimum atomic E-state index is -4.36. The molecule has 24 heavy (non-hydrogen) atoms. The number of nitrogens with one attached hydrogen (secondary N) is 1. The summed E-state index contributed by atoms with van der Waals surface area (Å²) in [6, 6.07) is 6.81. The normalized spacial score (nSPS) is 12.9. The zero-order valence-corrected chi connectivity index (χ0v) is 13.2. The highest BCUT2D eigenvalue weighted by molar-refractivity contribution is 5.93. The van der Waals surface area contributed by atoms with Gasteiger partial charge in [0.2, 0.25) is 0 Å². The number of nitrogens with two attached hydrogens (primary N) is 1. The van der Waals surface area contributed by atoms with Crippen molar-refractivity contribution in [3.05, 3.63) is 59.0 Å². The molecule has 1 atom stereocenters. The van der Waals surface area contributed by atoms with Crippen LogP contribution in [0, 0.1) is 0 Å². The minimum absolute atomic E-state index is 0.114. The number of carbonyl (C=O) groups excluding carboxylic acids is 1. The van der Waals surface area contributed by atoms with E-state index < -0.39 is 11.7 Å². The Morgan fingerprint density at radius 2 is 2.08 bits per heavy atom. The lowest BCUT2D eigenvalue weighted by Crippen LogP contribution is -2.25. The van der Waals surface area contributed by atoms with Crippen LogP contribution in [0.2, 0.25) is 0 Å². The monoisotopic (exact) mass is 340 g/mol. The molecule has 0 bridgehead atoms. The van der Waals surface area contributed by atoms with Gasteiger partial charge in [0.25, 0.3) is 5.91 Å². The Hall–Kier alpha value is -2.28. The van der Waals surface area contributed by atoms with Gasteiger partial charge in [0.05, 0.1) is 17.7 Å². The Morgan fingerprint density at radius 3 is 2.71 bits per heavy atom. The Labute approximate surface area is 137 Å². The highest BCUT2D eigenvalue weighted by atomic mass is 19.4. The molecule has 0 aliphatic rings. The molecule has 130 valence electrons. The number of rotatable bonds is 6. The van der Waals surface area contributed by atoms with Crippen LogP contribution in [0.1, 0.15) is 46.5 Å². The first-order valence-electron chi connectivity index (χ1n) is 7.54. The smallest absolute Gasteiger partial charge is 0.416 e. The first kappa shape index (κ1) is 18.1. The number of amides is 1. The van der Waals surface area contributed by atoms with Gasteiger partial charge in [-0.3, -0.25) is 4.79 Å². The number of hydrogen-bond acceptors (Lipinski definition) is 3. The van der Waals surface area contributed by atoms with Crippen LogP contribution >= 0.6 is 0 Å². The molecule has 3 N–H and O–H groups in total. The zero-order valence-electron chi connectivity index (χ0n) is 13.2. The van der Waals surface area contributed by atoms with Crippen LogP contribution in [0.3, 0.4) is 0 Å². The molecule has 0 spiro atoms. The van der Waals surface area contributed by atoms with E-state index in [4.69, 9.17) is 10.2 Å². The van der Waals surface area contributed by atoms with Crippen molar-refractivity contribution in [3.63, 3.8) is 0 Å². The predicted molar refractivity (Wildman–Crippen MR) is 83.4 cm³/mol. The number of carbonyl (C=O) groups is 1. The molecule has 1 heterocycles. The van der Waals surface area contributed by atoms with Crippen LogP contribution in [0.15, 0.2) is 41.0 Å². The molecule has 4 nitrogen and oxygen atoms in total. The number of halogens is 3. The fourth-order valence-electron chi connectivity index (χ4n) is 2.30. The summed E-state index contributed by atoms with van der Waals surface area (Å²) in [5.74, 6) is 0.101. The molecule has 2 rings (SSSR count). The number of furan rings is 1. The summed E-state index contributed by atoms with van der Waals surface area (Å²) in [6.45, 7) is 2.38. The average Bonchev–Trinajstić information content (AvgIpc) is 3.03. The predicted octanol–water partition coefficient (Wildman–Crippen LogP) is 3.68. The summed E-state index contributed by atoms with van der Waals surface area (Å²) in [5, 5.41) is 2.72. The SMILES string of the molecule is CC(CCNC(=O)c1coc(CN)c1)c1cccc(C(F)(F)F)c1. The van der Waals surface area contributed by atoms with Gasteiger partial charge in [-0.1, -0.05) is 25.1 Å². The molecule has 0 saturated carbocycles. The van der Waals surface area contributed by atoms with Crippen LogP contribution < -0.4 is 11.1 Å². The highest BCUT2D eigenvalue weighted by Crippen LogP contribution is 2.31. The molecule has 2 aromatic rings. The first-order chi connectivity index (χ1) is 11.3. The Kier molecular flexibility index (Phi) is 5.66. The second-order valence-corrected chi connectivity index (χ2v) is 5.57. The summed E-state index contributed by atoms with van der Waals surface area (Å²) in [5.41, 5.74) is 5.71. The van der Waals surface area contributed by atoms with Gasteiger partial charge >= 0.3 is 6.18 Å². The molecule has 0 radical (unpaired) electrons. The molecule has 0 aliphatic carbocycles. The fraction of sp³-hybridized carbons (Fsp3) is 0.353. The molecule has 0 saturated heterocycles. The van der Waals surface area contributed by atoms with E-state index >= 15 is 0 Å². The number of benzene rings is 1. The zero-order chi connectivity index (χ0) is 17.7. The molecule has 1 aromatic heterocycles. The quantitative estimate of drug-likeness (QED) is 0.843.